The number of pyridine rings is 1. The number of aliphatic hydroxyl groups is 1. The van der Waals surface area contributed by atoms with E-state index in [0.29, 0.717) is 0 Å². The summed E-state index contributed by atoms with van der Waals surface area (Å²) in [5, 5.41) is 9.08. The summed E-state index contributed by atoms with van der Waals surface area (Å²) >= 11 is 0. The number of rotatable bonds is 4. The van der Waals surface area contributed by atoms with E-state index in [9.17, 15) is 0 Å². The smallest absolute Gasteiger partial charge is 0.131 e. The average molecular weight is 252 g/mol. The van der Waals surface area contributed by atoms with Gasteiger partial charge in [-0.15, -0.1) is 0 Å². The molecule has 5 nitrogen and oxygen atoms in total. The molecule has 100 valence electrons. The van der Waals surface area contributed by atoms with Gasteiger partial charge in [0.2, 0.25) is 0 Å². The van der Waals surface area contributed by atoms with Crippen molar-refractivity contribution in [3.63, 3.8) is 0 Å². The van der Waals surface area contributed by atoms with Crippen molar-refractivity contribution >= 4 is 5.82 Å². The summed E-state index contributed by atoms with van der Waals surface area (Å²) in [6, 6.07) is 1.96. The predicted molar refractivity (Wildman–Crippen MR) is 68.7 cm³/mol. The topological polar surface area (TPSA) is 54.8 Å². The lowest BCUT2D eigenvalue weighted by Crippen LogP contribution is -2.27. The van der Waals surface area contributed by atoms with E-state index in [1.807, 2.05) is 13.0 Å². The highest BCUT2D eigenvalue weighted by atomic mass is 16.5. The molecule has 0 radical (unpaired) electrons. The first-order chi connectivity index (χ1) is 8.69. The Labute approximate surface area is 107 Å². The Kier molecular flexibility index (Phi) is 4.16. The Bertz CT molecular complexity index is 399. The normalized spacial score (nSPS) is 23.7. The van der Waals surface area contributed by atoms with Crippen molar-refractivity contribution in [3.05, 3.63) is 23.4 Å². The maximum atomic E-state index is 9.08. The van der Waals surface area contributed by atoms with Crippen molar-refractivity contribution in [1.29, 1.82) is 0 Å². The molecule has 1 fully saturated rings. The van der Waals surface area contributed by atoms with E-state index >= 15 is 0 Å². The minimum atomic E-state index is 0.0233. The van der Waals surface area contributed by atoms with Gasteiger partial charge in [-0.3, -0.25) is 0 Å². The molecule has 2 rings (SSSR count). The zero-order valence-electron chi connectivity index (χ0n) is 11.1. The van der Waals surface area contributed by atoms with Gasteiger partial charge < -0.3 is 19.5 Å². The van der Waals surface area contributed by atoms with Crippen LogP contribution in [0.2, 0.25) is 0 Å². The molecule has 0 bridgehead atoms. The van der Waals surface area contributed by atoms with Crippen LogP contribution >= 0.6 is 0 Å². The molecule has 2 heterocycles. The lowest BCUT2D eigenvalue weighted by Gasteiger charge is -2.19. The first kappa shape index (κ1) is 13.3. The molecule has 1 aromatic heterocycles. The van der Waals surface area contributed by atoms with Gasteiger partial charge in [0.05, 0.1) is 6.61 Å². The molecule has 1 aliphatic rings. The molecule has 18 heavy (non-hydrogen) atoms. The van der Waals surface area contributed by atoms with E-state index in [2.05, 4.69) is 9.88 Å². The van der Waals surface area contributed by atoms with Crippen LogP contribution in [0.3, 0.4) is 0 Å². The fourth-order valence-corrected chi connectivity index (χ4v) is 2.41. The molecule has 0 saturated carbocycles. The lowest BCUT2D eigenvalue weighted by atomic mass is 10.2. The van der Waals surface area contributed by atoms with Crippen LogP contribution in [0.15, 0.2) is 12.3 Å². The number of aliphatic hydroxyl groups excluding tert-OH is 1. The maximum absolute atomic E-state index is 9.08. The van der Waals surface area contributed by atoms with Crippen LogP contribution in [0.5, 0.6) is 0 Å². The zero-order valence-corrected chi connectivity index (χ0v) is 11.1. The van der Waals surface area contributed by atoms with Gasteiger partial charge in [0.25, 0.3) is 0 Å². The Hall–Kier alpha value is -1.17. The number of aryl methyl sites for hydroxylation is 1. The van der Waals surface area contributed by atoms with Gasteiger partial charge in [0.15, 0.2) is 0 Å². The van der Waals surface area contributed by atoms with Crippen molar-refractivity contribution in [2.45, 2.75) is 25.7 Å². The van der Waals surface area contributed by atoms with Gasteiger partial charge in [0.1, 0.15) is 18.0 Å². The van der Waals surface area contributed by atoms with Crippen LogP contribution in [-0.2, 0) is 16.1 Å². The summed E-state index contributed by atoms with van der Waals surface area (Å²) < 4.78 is 10.8. The van der Waals surface area contributed by atoms with Crippen molar-refractivity contribution in [2.75, 3.05) is 32.2 Å². The second-order valence-corrected chi connectivity index (χ2v) is 4.60. The van der Waals surface area contributed by atoms with E-state index in [-0.39, 0.29) is 18.8 Å². The van der Waals surface area contributed by atoms with Gasteiger partial charge in [0, 0.05) is 33.5 Å². The van der Waals surface area contributed by atoms with E-state index in [0.717, 1.165) is 30.0 Å². The fraction of sp³-hybridized carbons (Fsp3) is 0.615. The quantitative estimate of drug-likeness (QED) is 0.856. The van der Waals surface area contributed by atoms with E-state index in [4.69, 9.17) is 14.6 Å². The van der Waals surface area contributed by atoms with E-state index in [1.165, 1.54) is 0 Å². The first-order valence-electron chi connectivity index (χ1n) is 6.06. The van der Waals surface area contributed by atoms with E-state index in [1.54, 1.807) is 20.4 Å². The summed E-state index contributed by atoms with van der Waals surface area (Å²) in [6.45, 7) is 3.58. The van der Waals surface area contributed by atoms with Crippen molar-refractivity contribution in [1.82, 2.24) is 4.98 Å². The Morgan fingerprint density at radius 2 is 1.94 bits per heavy atom. The van der Waals surface area contributed by atoms with Crippen LogP contribution < -0.4 is 4.90 Å². The van der Waals surface area contributed by atoms with Crippen LogP contribution in [0.25, 0.3) is 0 Å². The van der Waals surface area contributed by atoms with Crippen LogP contribution in [0.1, 0.15) is 11.1 Å². The number of aromatic nitrogens is 1. The molecule has 0 amide bonds. The van der Waals surface area contributed by atoms with Crippen LogP contribution in [0.4, 0.5) is 5.82 Å². The summed E-state index contributed by atoms with van der Waals surface area (Å²) in [5.74, 6) is 0.939. The molecule has 1 aromatic rings. The van der Waals surface area contributed by atoms with Crippen LogP contribution in [0, 0.1) is 6.92 Å². The second kappa shape index (κ2) is 5.65. The number of hydrogen-bond donors (Lipinski definition) is 1. The van der Waals surface area contributed by atoms with Crippen molar-refractivity contribution in [3.8, 4) is 0 Å². The summed E-state index contributed by atoms with van der Waals surface area (Å²) in [6.07, 6.45) is 1.87. The highest BCUT2D eigenvalue weighted by molar-refractivity contribution is 5.48. The molecule has 5 heteroatoms. The standard InChI is InChI=1S/C13H20N2O3/c1-9-4-10(8-16)5-14-13(9)15-6-11(17-2)12(7-15)18-3/h4-5,11-12,16H,6-8H2,1-3H3. The highest BCUT2D eigenvalue weighted by Gasteiger charge is 2.34. The second-order valence-electron chi connectivity index (χ2n) is 4.60. The SMILES string of the molecule is COC1CN(c2ncc(CO)cc2C)CC1OC. The summed E-state index contributed by atoms with van der Waals surface area (Å²) in [5.41, 5.74) is 1.90. The number of anilines is 1. The van der Waals surface area contributed by atoms with Crippen molar-refractivity contribution < 1.29 is 14.6 Å². The van der Waals surface area contributed by atoms with Crippen molar-refractivity contribution in [2.24, 2.45) is 0 Å². The van der Waals surface area contributed by atoms with Gasteiger partial charge in [-0.1, -0.05) is 0 Å². The third-order valence-electron chi connectivity index (χ3n) is 3.41. The predicted octanol–water partition coefficient (Wildman–Crippen LogP) is 0.732. The minimum absolute atomic E-state index is 0.0233. The van der Waals surface area contributed by atoms with Crippen LogP contribution in [-0.4, -0.2) is 49.6 Å². The number of nitrogens with zero attached hydrogens (tertiary/aromatic N) is 2. The van der Waals surface area contributed by atoms with Gasteiger partial charge >= 0.3 is 0 Å². The number of hydrogen-bond acceptors (Lipinski definition) is 5. The zero-order chi connectivity index (χ0) is 13.1. The van der Waals surface area contributed by atoms with E-state index < -0.39 is 0 Å². The Morgan fingerprint density at radius 3 is 2.39 bits per heavy atom. The highest BCUT2D eigenvalue weighted by Crippen LogP contribution is 2.25. The molecular weight excluding hydrogens is 232 g/mol. The van der Waals surface area contributed by atoms with Gasteiger partial charge in [-0.05, 0) is 24.1 Å². The molecular formula is C13H20N2O3. The minimum Gasteiger partial charge on any atom is -0.392 e. The molecule has 0 aromatic carbocycles. The third-order valence-corrected chi connectivity index (χ3v) is 3.41. The first-order valence-corrected chi connectivity index (χ1v) is 6.06. The van der Waals surface area contributed by atoms with Gasteiger partial charge in [-0.25, -0.2) is 4.98 Å². The number of methoxy groups -OCH3 is 2. The Morgan fingerprint density at radius 1 is 1.33 bits per heavy atom. The largest absolute Gasteiger partial charge is 0.392 e. The average Bonchev–Trinajstić information content (AvgIpc) is 2.81. The molecule has 2 atom stereocenters. The fourth-order valence-electron chi connectivity index (χ4n) is 2.41. The molecule has 1 N–H and O–H groups in total. The molecule has 0 aliphatic carbocycles. The summed E-state index contributed by atoms with van der Waals surface area (Å²) in [7, 11) is 3.41. The monoisotopic (exact) mass is 252 g/mol. The molecule has 1 aliphatic heterocycles. The molecule has 0 spiro atoms. The maximum Gasteiger partial charge on any atom is 0.131 e. The third kappa shape index (κ3) is 2.48. The summed E-state index contributed by atoms with van der Waals surface area (Å²) in [4.78, 5) is 6.59. The molecule has 1 saturated heterocycles. The molecule has 2 unspecified atom stereocenters. The number of ether oxygens (including phenoxy) is 2. The van der Waals surface area contributed by atoms with Gasteiger partial charge in [-0.2, -0.15) is 0 Å². The Balaban J connectivity index is 2.18. The lowest BCUT2D eigenvalue weighted by molar-refractivity contribution is -0.00461.